The van der Waals surface area contributed by atoms with Gasteiger partial charge in [0, 0.05) is 11.1 Å². The molecule has 0 saturated heterocycles. The molecule has 0 bridgehead atoms. The Morgan fingerprint density at radius 3 is 2.39 bits per heavy atom. The summed E-state index contributed by atoms with van der Waals surface area (Å²) in [4.78, 5) is 27.7. The monoisotopic (exact) mass is 390 g/mol. The molecule has 136 valence electrons. The quantitative estimate of drug-likeness (QED) is 0.502. The molecule has 4 nitrogen and oxygen atoms in total. The Balaban J connectivity index is 1.82. The predicted molar refractivity (Wildman–Crippen MR) is 108 cm³/mol. The largest absolute Gasteiger partial charge is 0.333 e. The molecule has 0 amide bonds. The van der Waals surface area contributed by atoms with E-state index >= 15 is 0 Å². The number of nitrogens with one attached hydrogen (secondary N) is 1. The topological polar surface area (TPSA) is 54.9 Å². The lowest BCUT2D eigenvalue weighted by Crippen LogP contribution is -2.33. The highest BCUT2D eigenvalue weighted by Gasteiger charge is 2.13. The van der Waals surface area contributed by atoms with Gasteiger partial charge in [-0.15, -0.1) is 0 Å². The van der Waals surface area contributed by atoms with Crippen molar-refractivity contribution in [2.75, 3.05) is 0 Å². The Labute approximate surface area is 163 Å². The summed E-state index contributed by atoms with van der Waals surface area (Å²) in [5, 5.41) is 0.242. The SMILES string of the molecule is O=c1[nH]c2ccc(F)cc2c(=O)n1-c1ccc(C#Cc2ccccc2)cc1Cl. The van der Waals surface area contributed by atoms with E-state index in [4.69, 9.17) is 11.6 Å². The molecule has 4 rings (SSSR count). The third-order valence-electron chi connectivity index (χ3n) is 4.17. The van der Waals surface area contributed by atoms with Gasteiger partial charge in [0.2, 0.25) is 0 Å². The zero-order valence-corrected chi connectivity index (χ0v) is 15.1. The molecule has 4 aromatic rings. The normalized spacial score (nSPS) is 10.5. The Bertz CT molecular complexity index is 1380. The zero-order chi connectivity index (χ0) is 19.7. The first-order chi connectivity index (χ1) is 13.5. The number of fused-ring (bicyclic) bond motifs is 1. The van der Waals surface area contributed by atoms with Crippen LogP contribution in [-0.4, -0.2) is 9.55 Å². The van der Waals surface area contributed by atoms with Crippen LogP contribution in [0, 0.1) is 17.7 Å². The van der Waals surface area contributed by atoms with Crippen molar-refractivity contribution in [2.45, 2.75) is 0 Å². The van der Waals surface area contributed by atoms with Gasteiger partial charge in [-0.25, -0.2) is 13.8 Å². The van der Waals surface area contributed by atoms with Crippen molar-refractivity contribution in [3.8, 4) is 17.5 Å². The summed E-state index contributed by atoms with van der Waals surface area (Å²) in [6.45, 7) is 0. The number of hydrogen-bond donors (Lipinski definition) is 1. The van der Waals surface area contributed by atoms with Crippen molar-refractivity contribution >= 4 is 22.5 Å². The fourth-order valence-corrected chi connectivity index (χ4v) is 3.10. The molecule has 1 N–H and O–H groups in total. The van der Waals surface area contributed by atoms with E-state index in [0.717, 1.165) is 16.2 Å². The maximum absolute atomic E-state index is 13.5. The number of hydrogen-bond acceptors (Lipinski definition) is 2. The zero-order valence-electron chi connectivity index (χ0n) is 14.4. The van der Waals surface area contributed by atoms with Gasteiger partial charge in [0.1, 0.15) is 5.82 Å². The number of rotatable bonds is 1. The maximum atomic E-state index is 13.5. The van der Waals surface area contributed by atoms with Gasteiger partial charge in [-0.05, 0) is 48.5 Å². The van der Waals surface area contributed by atoms with Crippen LogP contribution in [0.2, 0.25) is 5.02 Å². The van der Waals surface area contributed by atoms with Crippen molar-refractivity contribution in [3.05, 3.63) is 110 Å². The van der Waals surface area contributed by atoms with Crippen molar-refractivity contribution in [2.24, 2.45) is 0 Å². The van der Waals surface area contributed by atoms with Gasteiger partial charge in [0.25, 0.3) is 5.56 Å². The number of halogens is 2. The molecule has 0 aliphatic rings. The molecule has 0 unspecified atom stereocenters. The summed E-state index contributed by atoms with van der Waals surface area (Å²) < 4.78 is 14.4. The summed E-state index contributed by atoms with van der Waals surface area (Å²) >= 11 is 6.32. The fourth-order valence-electron chi connectivity index (χ4n) is 2.84. The van der Waals surface area contributed by atoms with Crippen molar-refractivity contribution in [1.29, 1.82) is 0 Å². The van der Waals surface area contributed by atoms with Gasteiger partial charge in [0.15, 0.2) is 0 Å². The molecule has 0 fully saturated rings. The second-order valence-corrected chi connectivity index (χ2v) is 6.45. The van der Waals surface area contributed by atoms with Gasteiger partial charge < -0.3 is 4.98 Å². The molecule has 6 heteroatoms. The molecular formula is C22H12ClFN2O2. The van der Waals surface area contributed by atoms with Gasteiger partial charge in [0.05, 0.1) is 21.6 Å². The summed E-state index contributed by atoms with van der Waals surface area (Å²) in [5.41, 5.74) is 0.636. The summed E-state index contributed by atoms with van der Waals surface area (Å²) in [7, 11) is 0. The second kappa shape index (κ2) is 7.18. The Morgan fingerprint density at radius 1 is 0.893 bits per heavy atom. The van der Waals surface area contributed by atoms with Gasteiger partial charge in [-0.1, -0.05) is 41.6 Å². The molecule has 0 spiro atoms. The van der Waals surface area contributed by atoms with E-state index < -0.39 is 17.1 Å². The smallest absolute Gasteiger partial charge is 0.306 e. The second-order valence-electron chi connectivity index (χ2n) is 6.04. The van der Waals surface area contributed by atoms with E-state index in [0.29, 0.717) is 5.56 Å². The average Bonchev–Trinajstić information content (AvgIpc) is 2.69. The molecule has 0 aliphatic heterocycles. The molecule has 0 radical (unpaired) electrons. The van der Waals surface area contributed by atoms with Crippen LogP contribution < -0.4 is 11.2 Å². The summed E-state index contributed by atoms with van der Waals surface area (Å²) in [6, 6.07) is 17.8. The van der Waals surface area contributed by atoms with Crippen LogP contribution >= 0.6 is 11.6 Å². The summed E-state index contributed by atoms with van der Waals surface area (Å²) in [5.74, 6) is 5.43. The fraction of sp³-hybridized carbons (Fsp3) is 0. The van der Waals surface area contributed by atoms with E-state index in [1.54, 1.807) is 18.2 Å². The molecule has 1 heterocycles. The third kappa shape index (κ3) is 3.34. The van der Waals surface area contributed by atoms with Gasteiger partial charge >= 0.3 is 5.69 Å². The van der Waals surface area contributed by atoms with E-state index in [1.165, 1.54) is 12.1 Å². The molecule has 0 atom stereocenters. The van der Waals surface area contributed by atoms with Crippen LogP contribution in [0.4, 0.5) is 4.39 Å². The van der Waals surface area contributed by atoms with Crippen molar-refractivity contribution in [3.63, 3.8) is 0 Å². The minimum atomic E-state index is -0.658. The van der Waals surface area contributed by atoms with Crippen molar-refractivity contribution in [1.82, 2.24) is 9.55 Å². The predicted octanol–water partition coefficient (Wildman–Crippen LogP) is 3.87. The standard InChI is InChI=1S/C22H12ClFN2O2/c23-18-12-15(7-6-14-4-2-1-3-5-14)8-11-20(18)26-21(27)17-13-16(24)9-10-19(17)25-22(26)28/h1-5,8-13H,(H,25,28). The van der Waals surface area contributed by atoms with E-state index in [1.807, 2.05) is 30.3 Å². The van der Waals surface area contributed by atoms with Crippen LogP contribution in [0.25, 0.3) is 16.6 Å². The number of nitrogens with zero attached hydrogens (tertiary/aromatic N) is 1. The highest BCUT2D eigenvalue weighted by atomic mass is 35.5. The molecule has 3 aromatic carbocycles. The Kier molecular flexibility index (Phi) is 4.56. The molecule has 0 aliphatic carbocycles. The molecule has 28 heavy (non-hydrogen) atoms. The minimum absolute atomic E-state index is 0.0589. The lowest BCUT2D eigenvalue weighted by molar-refractivity contribution is 0.629. The lowest BCUT2D eigenvalue weighted by Gasteiger charge is -2.08. The molecule has 0 saturated carbocycles. The van der Waals surface area contributed by atoms with Gasteiger partial charge in [-0.3, -0.25) is 4.79 Å². The van der Waals surface area contributed by atoms with Crippen LogP contribution in [-0.2, 0) is 0 Å². The number of H-pyrrole nitrogens is 1. The number of aromatic nitrogens is 2. The Morgan fingerprint density at radius 2 is 1.64 bits per heavy atom. The third-order valence-corrected chi connectivity index (χ3v) is 4.48. The molecule has 1 aromatic heterocycles. The van der Waals surface area contributed by atoms with Crippen LogP contribution in [0.5, 0.6) is 0 Å². The van der Waals surface area contributed by atoms with Crippen molar-refractivity contribution < 1.29 is 4.39 Å². The van der Waals surface area contributed by atoms with Crippen LogP contribution in [0.3, 0.4) is 0 Å². The van der Waals surface area contributed by atoms with Crippen LogP contribution in [0.1, 0.15) is 11.1 Å². The number of benzene rings is 3. The first kappa shape index (κ1) is 17.8. The van der Waals surface area contributed by atoms with E-state index in [2.05, 4.69) is 16.8 Å². The Hall–Kier alpha value is -3.62. The first-order valence-electron chi connectivity index (χ1n) is 8.34. The highest BCUT2D eigenvalue weighted by molar-refractivity contribution is 6.32. The first-order valence-corrected chi connectivity index (χ1v) is 8.72. The average molecular weight is 391 g/mol. The van der Waals surface area contributed by atoms with Gasteiger partial charge in [-0.2, -0.15) is 0 Å². The van der Waals surface area contributed by atoms with E-state index in [9.17, 15) is 14.0 Å². The minimum Gasteiger partial charge on any atom is -0.306 e. The summed E-state index contributed by atoms with van der Waals surface area (Å²) in [6.07, 6.45) is 0. The number of aromatic amines is 1. The van der Waals surface area contributed by atoms with Crippen LogP contribution in [0.15, 0.2) is 76.3 Å². The highest BCUT2D eigenvalue weighted by Crippen LogP contribution is 2.20. The molecular weight excluding hydrogens is 379 g/mol. The lowest BCUT2D eigenvalue weighted by atomic mass is 10.1. The maximum Gasteiger partial charge on any atom is 0.333 e. The van der Waals surface area contributed by atoms with E-state index in [-0.39, 0.29) is 21.6 Å².